The summed E-state index contributed by atoms with van der Waals surface area (Å²) in [5.74, 6) is 1.04. The molecule has 0 aliphatic heterocycles. The maximum absolute atomic E-state index is 8.70. The number of rotatable bonds is 16. The van der Waals surface area contributed by atoms with E-state index in [4.69, 9.17) is 14.4 Å². The molecule has 0 unspecified atom stereocenters. The highest BCUT2D eigenvalue weighted by Crippen LogP contribution is 2.23. The molecular weight excluding hydrogens is 319 g/mol. The van der Waals surface area contributed by atoms with Gasteiger partial charge in [0.05, 0.1) is 0 Å². The molecular formula is C20H44O3P+. The largest absolute Gasteiger partial charge is 0.692 e. The Morgan fingerprint density at radius 1 is 0.583 bits per heavy atom. The van der Waals surface area contributed by atoms with Crippen LogP contribution in [0.3, 0.4) is 0 Å². The molecule has 24 heavy (non-hydrogen) atoms. The fourth-order valence-electron chi connectivity index (χ4n) is 3.27. The summed E-state index contributed by atoms with van der Waals surface area (Å²) < 4.78 is 8.70. The molecule has 0 aromatic rings. The Kier molecular flexibility index (Phi) is 25.2. The Morgan fingerprint density at radius 3 is 1.25 bits per heavy atom. The van der Waals surface area contributed by atoms with Gasteiger partial charge in [0.15, 0.2) is 0 Å². The van der Waals surface area contributed by atoms with Crippen LogP contribution in [0.1, 0.15) is 124 Å². The third kappa shape index (κ3) is 26.9. The van der Waals surface area contributed by atoms with Crippen molar-refractivity contribution in [3.8, 4) is 0 Å². The Morgan fingerprint density at radius 2 is 0.917 bits per heavy atom. The van der Waals surface area contributed by atoms with Crippen LogP contribution < -0.4 is 0 Å². The van der Waals surface area contributed by atoms with E-state index in [1.807, 2.05) is 0 Å². The van der Waals surface area contributed by atoms with Crippen molar-refractivity contribution in [3.63, 3.8) is 0 Å². The zero-order valence-corrected chi connectivity index (χ0v) is 17.5. The molecule has 0 amide bonds. The van der Waals surface area contributed by atoms with Crippen LogP contribution in [-0.4, -0.2) is 9.79 Å². The molecule has 3 nitrogen and oxygen atoms in total. The van der Waals surface area contributed by atoms with Crippen molar-refractivity contribution in [1.29, 1.82) is 0 Å². The van der Waals surface area contributed by atoms with Crippen LogP contribution in [0.15, 0.2) is 0 Å². The first kappa shape index (κ1) is 26.3. The molecule has 0 saturated heterocycles. The molecule has 0 heterocycles. The summed E-state index contributed by atoms with van der Waals surface area (Å²) in [6, 6.07) is 0. The summed E-state index contributed by atoms with van der Waals surface area (Å²) in [6.07, 6.45) is 23.3. The van der Waals surface area contributed by atoms with Gasteiger partial charge in [-0.2, -0.15) is 0 Å². The monoisotopic (exact) mass is 363 g/mol. The van der Waals surface area contributed by atoms with Gasteiger partial charge in [-0.15, -0.1) is 9.79 Å². The molecule has 0 aliphatic rings. The maximum Gasteiger partial charge on any atom is 0.692 e. The molecule has 0 atom stereocenters. The number of hydrogen-bond donors (Lipinski definition) is 2. The average molecular weight is 364 g/mol. The van der Waals surface area contributed by atoms with Gasteiger partial charge in [-0.1, -0.05) is 124 Å². The fourth-order valence-corrected chi connectivity index (χ4v) is 3.27. The second-order valence-electron chi connectivity index (χ2n) is 7.02. The highest BCUT2D eigenvalue weighted by atomic mass is 31.1. The quantitative estimate of drug-likeness (QED) is 0.220. The van der Waals surface area contributed by atoms with Crippen LogP contribution in [0, 0.1) is 5.92 Å². The zero-order valence-electron chi connectivity index (χ0n) is 16.6. The first-order chi connectivity index (χ1) is 11.6. The van der Waals surface area contributed by atoms with Crippen molar-refractivity contribution in [2.24, 2.45) is 5.92 Å². The Bertz CT molecular complexity index is 227. The van der Waals surface area contributed by atoms with Gasteiger partial charge in [0.25, 0.3) is 0 Å². The van der Waals surface area contributed by atoms with Gasteiger partial charge in [0.1, 0.15) is 0 Å². The van der Waals surface area contributed by atoms with Crippen molar-refractivity contribution in [1.82, 2.24) is 0 Å². The summed E-state index contributed by atoms with van der Waals surface area (Å²) in [5, 5.41) is 0. The maximum atomic E-state index is 8.70. The van der Waals surface area contributed by atoms with Gasteiger partial charge in [0, 0.05) is 4.57 Å². The molecule has 146 valence electrons. The third-order valence-corrected chi connectivity index (χ3v) is 4.63. The minimum Gasteiger partial charge on any atom is -0.134 e. The molecule has 0 fully saturated rings. The average Bonchev–Trinajstić information content (AvgIpc) is 2.53. The zero-order chi connectivity index (χ0) is 18.5. The van der Waals surface area contributed by atoms with Crippen LogP contribution >= 0.6 is 8.25 Å². The molecule has 0 aromatic heterocycles. The van der Waals surface area contributed by atoms with Crippen LogP contribution in [0.4, 0.5) is 0 Å². The first-order valence-corrected chi connectivity index (χ1v) is 11.6. The second kappa shape index (κ2) is 23.0. The summed E-state index contributed by atoms with van der Waals surface area (Å²) in [4.78, 5) is 14.2. The highest BCUT2D eigenvalue weighted by molar-refractivity contribution is 7.30. The standard InChI is InChI=1S/C20H42.HO3P/c1-4-7-9-11-13-15-18-20(17-6-3)19-16-14-12-10-8-5-2;1-4(2)3/h20H,4-19H2,1-3H3;(H-,1,2,3)/p+1. The van der Waals surface area contributed by atoms with Gasteiger partial charge < -0.3 is 0 Å². The lowest BCUT2D eigenvalue weighted by Crippen LogP contribution is -2.00. The molecule has 0 aromatic carbocycles. The molecule has 0 spiro atoms. The molecule has 0 rings (SSSR count). The molecule has 0 saturated carbocycles. The summed E-state index contributed by atoms with van der Waals surface area (Å²) in [6.45, 7) is 6.96. The van der Waals surface area contributed by atoms with Gasteiger partial charge in [0.2, 0.25) is 0 Å². The SMILES string of the molecule is CCCCCCCCC(CCC)CCCCCCCC.O=[P+](O)O. The predicted octanol–water partition coefficient (Wildman–Crippen LogP) is 7.53. The number of hydrogen-bond acceptors (Lipinski definition) is 1. The molecule has 0 radical (unpaired) electrons. The van der Waals surface area contributed by atoms with E-state index in [-0.39, 0.29) is 0 Å². The van der Waals surface area contributed by atoms with Crippen molar-refractivity contribution in [2.45, 2.75) is 124 Å². The second-order valence-corrected chi connectivity index (χ2v) is 7.53. The molecule has 4 heteroatoms. The lowest BCUT2D eigenvalue weighted by atomic mass is 9.90. The summed E-state index contributed by atoms with van der Waals surface area (Å²) in [7, 11) is -2.87. The van der Waals surface area contributed by atoms with Crippen molar-refractivity contribution in [2.75, 3.05) is 0 Å². The highest BCUT2D eigenvalue weighted by Gasteiger charge is 2.07. The van der Waals surface area contributed by atoms with Crippen LogP contribution in [0.5, 0.6) is 0 Å². The Hall–Kier alpha value is 0.0200. The minimum atomic E-state index is -2.87. The van der Waals surface area contributed by atoms with E-state index in [0.717, 1.165) is 5.92 Å². The first-order valence-electron chi connectivity index (χ1n) is 10.4. The van der Waals surface area contributed by atoms with E-state index in [9.17, 15) is 0 Å². The van der Waals surface area contributed by atoms with Gasteiger partial charge in [-0.05, 0) is 5.92 Å². The minimum absolute atomic E-state index is 1.04. The summed E-state index contributed by atoms with van der Waals surface area (Å²) >= 11 is 0. The fraction of sp³-hybridized carbons (Fsp3) is 1.00. The van der Waals surface area contributed by atoms with Gasteiger partial charge >= 0.3 is 8.25 Å². The van der Waals surface area contributed by atoms with Crippen molar-refractivity contribution < 1.29 is 14.4 Å². The summed E-state index contributed by atoms with van der Waals surface area (Å²) in [5.41, 5.74) is 0. The number of unbranched alkanes of at least 4 members (excludes halogenated alkanes) is 10. The lowest BCUT2D eigenvalue weighted by molar-refractivity contribution is 0.377. The van der Waals surface area contributed by atoms with E-state index >= 15 is 0 Å². The van der Waals surface area contributed by atoms with Crippen molar-refractivity contribution >= 4 is 8.25 Å². The molecule has 0 bridgehead atoms. The van der Waals surface area contributed by atoms with E-state index in [1.165, 1.54) is 103 Å². The normalized spacial score (nSPS) is 10.6. The van der Waals surface area contributed by atoms with E-state index in [0.29, 0.717) is 0 Å². The van der Waals surface area contributed by atoms with Gasteiger partial charge in [-0.25, -0.2) is 0 Å². The Balaban J connectivity index is 0. The van der Waals surface area contributed by atoms with Crippen molar-refractivity contribution in [3.05, 3.63) is 0 Å². The Labute approximate surface area is 152 Å². The third-order valence-electron chi connectivity index (χ3n) is 4.63. The lowest BCUT2D eigenvalue weighted by Gasteiger charge is -2.16. The van der Waals surface area contributed by atoms with Crippen LogP contribution in [0.2, 0.25) is 0 Å². The van der Waals surface area contributed by atoms with Gasteiger partial charge in [-0.3, -0.25) is 0 Å². The molecule has 0 aliphatic carbocycles. The predicted molar refractivity (Wildman–Crippen MR) is 106 cm³/mol. The molecule has 2 N–H and O–H groups in total. The smallest absolute Gasteiger partial charge is 0.134 e. The topological polar surface area (TPSA) is 57.5 Å². The van der Waals surface area contributed by atoms with E-state index in [1.54, 1.807) is 0 Å². The van der Waals surface area contributed by atoms with E-state index < -0.39 is 8.25 Å². The van der Waals surface area contributed by atoms with Crippen LogP contribution in [-0.2, 0) is 4.57 Å². The van der Waals surface area contributed by atoms with Crippen LogP contribution in [0.25, 0.3) is 0 Å². The van der Waals surface area contributed by atoms with E-state index in [2.05, 4.69) is 20.8 Å².